The number of aromatic nitrogens is 4. The lowest BCUT2D eigenvalue weighted by Crippen LogP contribution is -2.22. The molecule has 8 heteroatoms. The van der Waals surface area contributed by atoms with Gasteiger partial charge in [-0.25, -0.2) is 9.97 Å². The smallest absolute Gasteiger partial charge is 0.274 e. The fraction of sp³-hybridized carbons (Fsp3) is 0.522. The monoisotopic (exact) mass is 423 g/mol. The molecule has 0 saturated carbocycles. The number of pyridine rings is 1. The van der Waals surface area contributed by atoms with Gasteiger partial charge in [0.05, 0.1) is 13.3 Å². The second-order valence-electron chi connectivity index (χ2n) is 8.78. The van der Waals surface area contributed by atoms with Gasteiger partial charge in [-0.05, 0) is 24.3 Å². The topological polar surface area (TPSA) is 84.8 Å². The first kappa shape index (κ1) is 20.2. The van der Waals surface area contributed by atoms with E-state index in [0.717, 1.165) is 62.8 Å². The minimum Gasteiger partial charge on any atom is -0.481 e. The number of aromatic amines is 1. The van der Waals surface area contributed by atoms with E-state index in [4.69, 9.17) is 9.47 Å². The third-order valence-corrected chi connectivity index (χ3v) is 6.67. The molecule has 1 N–H and O–H groups in total. The van der Waals surface area contributed by atoms with Crippen LogP contribution in [0.4, 0.5) is 0 Å². The highest BCUT2D eigenvalue weighted by molar-refractivity contribution is 5.45. The van der Waals surface area contributed by atoms with Crippen molar-refractivity contribution < 1.29 is 9.47 Å². The summed E-state index contributed by atoms with van der Waals surface area (Å²) in [6, 6.07) is 3.96. The second-order valence-corrected chi connectivity index (χ2v) is 8.78. The quantitative estimate of drug-likeness (QED) is 0.679. The molecule has 8 nitrogen and oxygen atoms in total. The van der Waals surface area contributed by atoms with Crippen molar-refractivity contribution in [1.82, 2.24) is 24.3 Å². The summed E-state index contributed by atoms with van der Waals surface area (Å²) >= 11 is 0. The first-order valence-electron chi connectivity index (χ1n) is 11.0. The van der Waals surface area contributed by atoms with E-state index in [0.29, 0.717) is 23.2 Å². The average molecular weight is 424 g/mol. The summed E-state index contributed by atoms with van der Waals surface area (Å²) < 4.78 is 12.7. The van der Waals surface area contributed by atoms with Crippen molar-refractivity contribution in [1.29, 1.82) is 0 Å². The van der Waals surface area contributed by atoms with E-state index in [9.17, 15) is 4.79 Å². The highest BCUT2D eigenvalue weighted by Crippen LogP contribution is 2.33. The minimum absolute atomic E-state index is 0.0617. The maximum absolute atomic E-state index is 12.8. The Morgan fingerprint density at radius 1 is 1.19 bits per heavy atom. The lowest BCUT2D eigenvalue weighted by atomic mass is 9.95. The molecule has 2 aliphatic heterocycles. The number of nitrogens with one attached hydrogen (secondary N) is 1. The molecule has 3 aromatic heterocycles. The summed E-state index contributed by atoms with van der Waals surface area (Å²) in [5, 5.41) is 0. The molecule has 5 heterocycles. The maximum Gasteiger partial charge on any atom is 0.274 e. The number of hydrogen-bond acceptors (Lipinski definition) is 6. The van der Waals surface area contributed by atoms with E-state index < -0.39 is 0 Å². The molecule has 0 bridgehead atoms. The zero-order valence-corrected chi connectivity index (χ0v) is 18.1. The van der Waals surface area contributed by atoms with Gasteiger partial charge < -0.3 is 14.5 Å². The van der Waals surface area contributed by atoms with E-state index >= 15 is 0 Å². The molecule has 2 saturated heterocycles. The Morgan fingerprint density at radius 3 is 2.77 bits per heavy atom. The van der Waals surface area contributed by atoms with Gasteiger partial charge in [-0.2, -0.15) is 0 Å². The van der Waals surface area contributed by atoms with Crippen LogP contribution in [0.1, 0.15) is 48.7 Å². The molecule has 2 unspecified atom stereocenters. The van der Waals surface area contributed by atoms with Crippen LogP contribution >= 0.6 is 0 Å². The minimum atomic E-state index is -0.0617. The molecule has 5 rings (SSSR count). The zero-order chi connectivity index (χ0) is 21.4. The molecular weight excluding hydrogens is 394 g/mol. The van der Waals surface area contributed by atoms with Crippen molar-refractivity contribution in [3.63, 3.8) is 0 Å². The number of imidazole rings is 1. The lowest BCUT2D eigenvalue weighted by molar-refractivity contribution is 0.0835. The fourth-order valence-electron chi connectivity index (χ4n) is 4.98. The van der Waals surface area contributed by atoms with Gasteiger partial charge in [-0.1, -0.05) is 13.0 Å². The van der Waals surface area contributed by atoms with Crippen LogP contribution in [-0.2, 0) is 11.3 Å². The number of H-pyrrole nitrogens is 1. The molecule has 2 fully saturated rings. The largest absolute Gasteiger partial charge is 0.481 e. The van der Waals surface area contributed by atoms with Crippen molar-refractivity contribution in [2.24, 2.45) is 5.92 Å². The standard InChI is InChI=1S/C23H29N5O3/c1-15-11-27(12-16-3-4-21(30-2)24-9-16)13-18(15)19-14-28-20(23(29)26-19)10-25-22(28)17-5-7-31-8-6-17/h3-4,9-10,14-15,17-18H,5-8,11-13H2,1-2H3,(H,26,29). The Labute approximate surface area is 181 Å². The second kappa shape index (κ2) is 8.43. The lowest BCUT2D eigenvalue weighted by Gasteiger charge is -2.21. The van der Waals surface area contributed by atoms with E-state index in [1.165, 1.54) is 0 Å². The maximum atomic E-state index is 12.8. The van der Waals surface area contributed by atoms with Crippen LogP contribution in [0.15, 0.2) is 35.5 Å². The van der Waals surface area contributed by atoms with E-state index in [1.807, 2.05) is 16.7 Å². The van der Waals surface area contributed by atoms with Crippen LogP contribution in [0.5, 0.6) is 5.88 Å². The first-order chi connectivity index (χ1) is 15.1. The number of rotatable bonds is 5. The van der Waals surface area contributed by atoms with Crippen LogP contribution in [0.3, 0.4) is 0 Å². The Bertz CT molecular complexity index is 1100. The molecule has 164 valence electrons. The molecule has 2 atom stereocenters. The van der Waals surface area contributed by atoms with E-state index in [1.54, 1.807) is 13.3 Å². The number of hydrogen-bond donors (Lipinski definition) is 1. The SMILES string of the molecule is COc1ccc(CN2CC(C)C(c3cn4c(C5CCOCC5)ncc4c(=O)[nH]3)C2)cn1. The summed E-state index contributed by atoms with van der Waals surface area (Å²) in [5.41, 5.74) is 2.71. The molecule has 0 radical (unpaired) electrons. The molecule has 2 aliphatic rings. The zero-order valence-electron chi connectivity index (χ0n) is 18.1. The molecule has 0 spiro atoms. The number of nitrogens with zero attached hydrogens (tertiary/aromatic N) is 4. The van der Waals surface area contributed by atoms with Crippen molar-refractivity contribution in [2.75, 3.05) is 33.4 Å². The Morgan fingerprint density at radius 2 is 2.03 bits per heavy atom. The molecule has 3 aromatic rings. The summed E-state index contributed by atoms with van der Waals surface area (Å²) in [6.07, 6.45) is 7.58. The van der Waals surface area contributed by atoms with Crippen LogP contribution in [0.2, 0.25) is 0 Å². The number of ether oxygens (including phenoxy) is 2. The van der Waals surface area contributed by atoms with Gasteiger partial charge in [0, 0.05) is 68.8 Å². The third kappa shape index (κ3) is 3.97. The third-order valence-electron chi connectivity index (χ3n) is 6.67. The Kier molecular flexibility index (Phi) is 5.50. The van der Waals surface area contributed by atoms with Crippen LogP contribution in [-0.4, -0.2) is 57.7 Å². The average Bonchev–Trinajstić information content (AvgIpc) is 3.38. The molecule has 0 aliphatic carbocycles. The highest BCUT2D eigenvalue weighted by Gasteiger charge is 2.32. The number of fused-ring (bicyclic) bond motifs is 1. The van der Waals surface area contributed by atoms with Crippen molar-refractivity contribution in [3.05, 3.63) is 58.2 Å². The molecular formula is C23H29N5O3. The van der Waals surface area contributed by atoms with Gasteiger partial charge in [-0.15, -0.1) is 0 Å². The normalized spacial score (nSPS) is 22.9. The Hall–Kier alpha value is -2.71. The van der Waals surface area contributed by atoms with Crippen LogP contribution in [0, 0.1) is 5.92 Å². The highest BCUT2D eigenvalue weighted by atomic mass is 16.5. The van der Waals surface area contributed by atoms with Crippen LogP contribution in [0.25, 0.3) is 5.52 Å². The summed E-state index contributed by atoms with van der Waals surface area (Å²) in [4.78, 5) is 27.3. The first-order valence-corrected chi connectivity index (χ1v) is 11.0. The molecule has 0 aromatic carbocycles. The predicted molar refractivity (Wildman–Crippen MR) is 117 cm³/mol. The summed E-state index contributed by atoms with van der Waals surface area (Å²) in [7, 11) is 1.63. The van der Waals surface area contributed by atoms with Gasteiger partial charge >= 0.3 is 0 Å². The van der Waals surface area contributed by atoms with Gasteiger partial charge in [0.15, 0.2) is 0 Å². The van der Waals surface area contributed by atoms with Crippen molar-refractivity contribution in [3.8, 4) is 5.88 Å². The predicted octanol–water partition coefficient (Wildman–Crippen LogP) is 2.56. The van der Waals surface area contributed by atoms with Gasteiger partial charge in [0.1, 0.15) is 11.3 Å². The molecule has 31 heavy (non-hydrogen) atoms. The van der Waals surface area contributed by atoms with Crippen molar-refractivity contribution in [2.45, 2.75) is 38.1 Å². The molecule has 0 amide bonds. The summed E-state index contributed by atoms with van der Waals surface area (Å²) in [6.45, 7) is 6.48. The van der Waals surface area contributed by atoms with E-state index in [-0.39, 0.29) is 11.5 Å². The van der Waals surface area contributed by atoms with Gasteiger partial charge in [0.25, 0.3) is 5.56 Å². The van der Waals surface area contributed by atoms with E-state index in [2.05, 4.69) is 39.0 Å². The van der Waals surface area contributed by atoms with Crippen molar-refractivity contribution >= 4 is 5.52 Å². The number of methoxy groups -OCH3 is 1. The Balaban J connectivity index is 1.38. The fourth-order valence-corrected chi connectivity index (χ4v) is 4.98. The van der Waals surface area contributed by atoms with Crippen LogP contribution < -0.4 is 10.3 Å². The summed E-state index contributed by atoms with van der Waals surface area (Å²) in [5.74, 6) is 2.66. The van der Waals surface area contributed by atoms with Gasteiger partial charge in [-0.3, -0.25) is 14.1 Å². The number of likely N-dealkylation sites (tertiary alicyclic amines) is 1. The van der Waals surface area contributed by atoms with Gasteiger partial charge in [0.2, 0.25) is 5.88 Å².